The van der Waals surface area contributed by atoms with E-state index < -0.39 is 0 Å². The monoisotopic (exact) mass is 279 g/mol. The normalized spacial score (nSPS) is 22.6. The van der Waals surface area contributed by atoms with Gasteiger partial charge in [0.2, 0.25) is 0 Å². The van der Waals surface area contributed by atoms with Crippen LogP contribution in [0.2, 0.25) is 0 Å². The van der Waals surface area contributed by atoms with Crippen molar-refractivity contribution >= 4 is 0 Å². The molecule has 0 unspecified atom stereocenters. The lowest BCUT2D eigenvalue weighted by Crippen LogP contribution is -2.34. The molecule has 1 aliphatic rings. The number of rotatable bonds is 6. The van der Waals surface area contributed by atoms with Crippen LogP contribution in [0.25, 0.3) is 0 Å². The Morgan fingerprint density at radius 3 is 2.40 bits per heavy atom. The van der Waals surface area contributed by atoms with Crippen molar-refractivity contribution in [1.82, 2.24) is 5.32 Å². The Morgan fingerprint density at radius 2 is 1.80 bits per heavy atom. The van der Waals surface area contributed by atoms with Crippen LogP contribution in [0.3, 0.4) is 0 Å². The maximum absolute atomic E-state index is 5.42. The zero-order valence-electron chi connectivity index (χ0n) is 12.6. The fourth-order valence-electron chi connectivity index (χ4n) is 2.75. The summed E-state index contributed by atoms with van der Waals surface area (Å²) in [5, 5.41) is 3.62. The highest BCUT2D eigenvalue weighted by atomic mass is 16.5. The summed E-state index contributed by atoms with van der Waals surface area (Å²) in [7, 11) is 5.17. The van der Waals surface area contributed by atoms with Gasteiger partial charge in [0, 0.05) is 31.3 Å². The molecule has 2 rings (SSSR count). The van der Waals surface area contributed by atoms with E-state index in [2.05, 4.69) is 11.4 Å². The lowest BCUT2D eigenvalue weighted by Gasteiger charge is -2.28. The van der Waals surface area contributed by atoms with Gasteiger partial charge in [0.25, 0.3) is 0 Å². The molecule has 1 aliphatic carbocycles. The first kappa shape index (κ1) is 15.1. The Labute approximate surface area is 121 Å². The zero-order chi connectivity index (χ0) is 14.4. The molecule has 1 aromatic carbocycles. The van der Waals surface area contributed by atoms with Crippen molar-refractivity contribution in [3.63, 3.8) is 0 Å². The van der Waals surface area contributed by atoms with Gasteiger partial charge in [-0.1, -0.05) is 6.07 Å². The summed E-state index contributed by atoms with van der Waals surface area (Å²) in [5.41, 5.74) is 1.17. The van der Waals surface area contributed by atoms with Crippen molar-refractivity contribution in [2.45, 2.75) is 44.4 Å². The second-order valence-corrected chi connectivity index (χ2v) is 5.27. The molecule has 20 heavy (non-hydrogen) atoms. The second kappa shape index (κ2) is 7.50. The van der Waals surface area contributed by atoms with Gasteiger partial charge < -0.3 is 19.5 Å². The van der Waals surface area contributed by atoms with Gasteiger partial charge in [-0.2, -0.15) is 0 Å². The van der Waals surface area contributed by atoms with Crippen LogP contribution in [0.15, 0.2) is 18.2 Å². The first-order valence-corrected chi connectivity index (χ1v) is 7.24. The third-order valence-electron chi connectivity index (χ3n) is 4.08. The minimum atomic E-state index is 0.448. The van der Waals surface area contributed by atoms with E-state index in [1.54, 1.807) is 21.3 Å². The summed E-state index contributed by atoms with van der Waals surface area (Å²) in [5.74, 6) is 1.70. The van der Waals surface area contributed by atoms with E-state index in [0.29, 0.717) is 12.1 Å². The molecular formula is C16H25NO3. The van der Waals surface area contributed by atoms with Gasteiger partial charge in [0.05, 0.1) is 20.3 Å². The largest absolute Gasteiger partial charge is 0.497 e. The summed E-state index contributed by atoms with van der Waals surface area (Å²) in [6, 6.07) is 6.54. The van der Waals surface area contributed by atoms with Gasteiger partial charge in [-0.25, -0.2) is 0 Å². The van der Waals surface area contributed by atoms with Crippen LogP contribution in [-0.4, -0.2) is 33.5 Å². The molecule has 1 saturated carbocycles. The van der Waals surface area contributed by atoms with Gasteiger partial charge in [-0.15, -0.1) is 0 Å². The highest BCUT2D eigenvalue weighted by Crippen LogP contribution is 2.26. The van der Waals surface area contributed by atoms with Crippen LogP contribution >= 0.6 is 0 Å². The summed E-state index contributed by atoms with van der Waals surface area (Å²) < 4.78 is 16.0. The van der Waals surface area contributed by atoms with E-state index in [1.165, 1.54) is 18.4 Å². The van der Waals surface area contributed by atoms with Gasteiger partial charge in [0.1, 0.15) is 11.5 Å². The summed E-state index contributed by atoms with van der Waals surface area (Å²) in [6.45, 7) is 0.829. The van der Waals surface area contributed by atoms with Crippen LogP contribution in [-0.2, 0) is 11.3 Å². The molecule has 1 aromatic rings. The molecule has 0 saturated heterocycles. The molecular weight excluding hydrogens is 254 g/mol. The number of hydrogen-bond acceptors (Lipinski definition) is 4. The molecule has 0 atom stereocenters. The molecule has 0 aliphatic heterocycles. The molecule has 0 heterocycles. The molecule has 0 amide bonds. The minimum Gasteiger partial charge on any atom is -0.497 e. The molecule has 1 fully saturated rings. The van der Waals surface area contributed by atoms with Crippen molar-refractivity contribution < 1.29 is 14.2 Å². The number of benzene rings is 1. The van der Waals surface area contributed by atoms with E-state index in [-0.39, 0.29) is 0 Å². The predicted octanol–water partition coefficient (Wildman–Crippen LogP) is 2.75. The standard InChI is InChI=1S/C16H25NO3/c1-18-14-8-5-13(6-9-14)17-11-12-4-7-15(19-2)10-16(12)20-3/h4,7,10,13-14,17H,5-6,8-9,11H2,1-3H3. The van der Waals surface area contributed by atoms with Crippen molar-refractivity contribution in [2.75, 3.05) is 21.3 Å². The van der Waals surface area contributed by atoms with Gasteiger partial charge in [0.15, 0.2) is 0 Å². The summed E-state index contributed by atoms with van der Waals surface area (Å²) >= 11 is 0. The smallest absolute Gasteiger partial charge is 0.127 e. The predicted molar refractivity (Wildman–Crippen MR) is 79.4 cm³/mol. The van der Waals surface area contributed by atoms with Crippen LogP contribution in [0.5, 0.6) is 11.5 Å². The van der Waals surface area contributed by atoms with E-state index in [4.69, 9.17) is 14.2 Å². The maximum Gasteiger partial charge on any atom is 0.127 e. The molecule has 4 nitrogen and oxygen atoms in total. The summed E-state index contributed by atoms with van der Waals surface area (Å²) in [4.78, 5) is 0. The van der Waals surface area contributed by atoms with Gasteiger partial charge >= 0.3 is 0 Å². The summed E-state index contributed by atoms with van der Waals surface area (Å²) in [6.07, 6.45) is 5.10. The van der Waals surface area contributed by atoms with Gasteiger partial charge in [-0.3, -0.25) is 0 Å². The van der Waals surface area contributed by atoms with Crippen LogP contribution in [0.4, 0.5) is 0 Å². The number of nitrogens with one attached hydrogen (secondary N) is 1. The van der Waals surface area contributed by atoms with Crippen molar-refractivity contribution in [3.8, 4) is 11.5 Å². The first-order valence-electron chi connectivity index (χ1n) is 7.24. The quantitative estimate of drug-likeness (QED) is 0.869. The average molecular weight is 279 g/mol. The molecule has 0 radical (unpaired) electrons. The first-order chi connectivity index (χ1) is 9.76. The number of hydrogen-bond donors (Lipinski definition) is 1. The van der Waals surface area contributed by atoms with Crippen molar-refractivity contribution in [1.29, 1.82) is 0 Å². The van der Waals surface area contributed by atoms with E-state index >= 15 is 0 Å². The molecule has 1 N–H and O–H groups in total. The topological polar surface area (TPSA) is 39.7 Å². The lowest BCUT2D eigenvalue weighted by atomic mass is 9.93. The Balaban J connectivity index is 1.88. The lowest BCUT2D eigenvalue weighted by molar-refractivity contribution is 0.0623. The average Bonchev–Trinajstić information content (AvgIpc) is 2.53. The third kappa shape index (κ3) is 3.87. The van der Waals surface area contributed by atoms with Crippen molar-refractivity contribution in [3.05, 3.63) is 23.8 Å². The second-order valence-electron chi connectivity index (χ2n) is 5.27. The van der Waals surface area contributed by atoms with E-state index in [1.807, 2.05) is 12.1 Å². The number of ether oxygens (including phenoxy) is 3. The van der Waals surface area contributed by atoms with Gasteiger partial charge in [-0.05, 0) is 31.7 Å². The Morgan fingerprint density at radius 1 is 1.05 bits per heavy atom. The van der Waals surface area contributed by atoms with Crippen molar-refractivity contribution in [2.24, 2.45) is 0 Å². The van der Waals surface area contributed by atoms with Crippen LogP contribution in [0, 0.1) is 0 Å². The minimum absolute atomic E-state index is 0.448. The molecule has 112 valence electrons. The number of methoxy groups -OCH3 is 3. The highest BCUT2D eigenvalue weighted by molar-refractivity contribution is 5.40. The maximum atomic E-state index is 5.42. The highest BCUT2D eigenvalue weighted by Gasteiger charge is 2.20. The molecule has 0 spiro atoms. The van der Waals surface area contributed by atoms with E-state index in [9.17, 15) is 0 Å². The fraction of sp³-hybridized carbons (Fsp3) is 0.625. The molecule has 0 bridgehead atoms. The molecule has 0 aromatic heterocycles. The Kier molecular flexibility index (Phi) is 5.68. The van der Waals surface area contributed by atoms with Crippen LogP contribution in [0.1, 0.15) is 31.2 Å². The SMILES string of the molecule is COc1ccc(CNC2CCC(OC)CC2)c(OC)c1. The Hall–Kier alpha value is -1.26. The Bertz CT molecular complexity index is 414. The van der Waals surface area contributed by atoms with E-state index in [0.717, 1.165) is 30.9 Å². The molecule has 4 heteroatoms. The zero-order valence-corrected chi connectivity index (χ0v) is 12.6. The third-order valence-corrected chi connectivity index (χ3v) is 4.08. The van der Waals surface area contributed by atoms with Crippen LogP contribution < -0.4 is 14.8 Å². The fourth-order valence-corrected chi connectivity index (χ4v) is 2.75.